The zero-order valence-electron chi connectivity index (χ0n) is 12.9. The molecule has 2 nitrogen and oxygen atoms in total. The molecule has 2 atom stereocenters. The number of hydrogen-bond acceptors (Lipinski definition) is 2. The van der Waals surface area contributed by atoms with Crippen molar-refractivity contribution in [3.63, 3.8) is 0 Å². The third-order valence-electron chi connectivity index (χ3n) is 4.62. The molecule has 3 heteroatoms. The average Bonchev–Trinajstić information content (AvgIpc) is 2.35. The molecule has 1 rings (SSSR count). The molecule has 0 heterocycles. The first kappa shape index (κ1) is 16.1. The van der Waals surface area contributed by atoms with Gasteiger partial charge in [0.25, 0.3) is 0 Å². The standard InChI is InChI=1S/C16H26O2Si/c1-12(14(17)13-10-8-7-9-11-13)15(18)19(5,6)16(2,3)4/h7-12,15,18H,1-6H3. The van der Waals surface area contributed by atoms with Crippen molar-refractivity contribution in [2.75, 3.05) is 0 Å². The lowest BCUT2D eigenvalue weighted by Gasteiger charge is -2.42. The number of Topliss-reactive ketones (excluding diaryl/α,β-unsaturated/α-hetero) is 1. The van der Waals surface area contributed by atoms with E-state index in [4.69, 9.17) is 0 Å². The van der Waals surface area contributed by atoms with E-state index in [1.165, 1.54) is 0 Å². The third kappa shape index (κ3) is 3.34. The van der Waals surface area contributed by atoms with E-state index in [-0.39, 0.29) is 16.7 Å². The maximum atomic E-state index is 12.4. The van der Waals surface area contributed by atoms with Crippen LogP contribution in [0.1, 0.15) is 38.1 Å². The van der Waals surface area contributed by atoms with Gasteiger partial charge in [0.1, 0.15) is 0 Å². The first-order chi connectivity index (χ1) is 8.59. The Morgan fingerprint density at radius 2 is 1.63 bits per heavy atom. The van der Waals surface area contributed by atoms with Crippen LogP contribution in [0.3, 0.4) is 0 Å². The van der Waals surface area contributed by atoms with Crippen LogP contribution in [0.25, 0.3) is 0 Å². The summed E-state index contributed by atoms with van der Waals surface area (Å²) in [5.41, 5.74) is 0.160. The molecule has 106 valence electrons. The van der Waals surface area contributed by atoms with Gasteiger partial charge in [-0.25, -0.2) is 0 Å². The largest absolute Gasteiger partial charge is 0.396 e. The maximum Gasteiger partial charge on any atom is 0.167 e. The SMILES string of the molecule is CC(C(=O)c1ccccc1)C(O)[Si](C)(C)C(C)(C)C. The van der Waals surface area contributed by atoms with E-state index in [1.54, 1.807) is 0 Å². The number of ketones is 1. The van der Waals surface area contributed by atoms with Crippen LogP contribution in [0, 0.1) is 5.92 Å². The Bertz CT molecular complexity index is 432. The zero-order chi connectivity index (χ0) is 14.8. The average molecular weight is 278 g/mol. The summed E-state index contributed by atoms with van der Waals surface area (Å²) in [6.07, 6.45) is 0. The fourth-order valence-electron chi connectivity index (χ4n) is 2.08. The smallest absolute Gasteiger partial charge is 0.167 e. The number of hydrogen-bond donors (Lipinski definition) is 1. The van der Waals surface area contributed by atoms with E-state index in [0.717, 1.165) is 0 Å². The molecule has 2 unspecified atom stereocenters. The Hall–Kier alpha value is -0.933. The fraction of sp³-hybridized carbons (Fsp3) is 0.562. The molecule has 1 aromatic rings. The summed E-state index contributed by atoms with van der Waals surface area (Å²) in [4.78, 5) is 12.4. The predicted octanol–water partition coefficient (Wildman–Crippen LogP) is 3.91. The minimum atomic E-state index is -1.93. The first-order valence-electron chi connectivity index (χ1n) is 6.86. The van der Waals surface area contributed by atoms with Crippen molar-refractivity contribution in [3.05, 3.63) is 35.9 Å². The fourth-order valence-corrected chi connectivity index (χ4v) is 4.37. The van der Waals surface area contributed by atoms with Gasteiger partial charge in [-0.1, -0.05) is 71.1 Å². The van der Waals surface area contributed by atoms with Gasteiger partial charge in [0, 0.05) is 11.5 Å². The minimum Gasteiger partial charge on any atom is -0.396 e. The molecule has 0 saturated heterocycles. The molecular weight excluding hydrogens is 252 g/mol. The molecule has 0 bridgehead atoms. The van der Waals surface area contributed by atoms with Crippen molar-refractivity contribution in [1.29, 1.82) is 0 Å². The van der Waals surface area contributed by atoms with E-state index in [0.29, 0.717) is 5.56 Å². The predicted molar refractivity (Wildman–Crippen MR) is 83.1 cm³/mol. The monoisotopic (exact) mass is 278 g/mol. The lowest BCUT2D eigenvalue weighted by molar-refractivity contribution is 0.0826. The van der Waals surface area contributed by atoms with Gasteiger partial charge in [-0.2, -0.15) is 0 Å². The summed E-state index contributed by atoms with van der Waals surface area (Å²) < 4.78 is 0. The molecule has 0 radical (unpaired) electrons. The lowest BCUT2D eigenvalue weighted by atomic mass is 10.00. The van der Waals surface area contributed by atoms with Crippen LogP contribution in [0.4, 0.5) is 0 Å². The topological polar surface area (TPSA) is 37.3 Å². The quantitative estimate of drug-likeness (QED) is 0.669. The molecule has 0 saturated carbocycles. The van der Waals surface area contributed by atoms with Crippen LogP contribution in [-0.4, -0.2) is 24.7 Å². The zero-order valence-corrected chi connectivity index (χ0v) is 13.9. The highest BCUT2D eigenvalue weighted by Crippen LogP contribution is 2.40. The molecule has 19 heavy (non-hydrogen) atoms. The first-order valence-corrected chi connectivity index (χ1v) is 9.94. The van der Waals surface area contributed by atoms with Crippen molar-refractivity contribution in [1.82, 2.24) is 0 Å². The van der Waals surface area contributed by atoms with E-state index >= 15 is 0 Å². The Labute approximate surface area is 117 Å². The Morgan fingerprint density at radius 3 is 2.05 bits per heavy atom. The lowest BCUT2D eigenvalue weighted by Crippen LogP contribution is -2.53. The van der Waals surface area contributed by atoms with E-state index in [9.17, 15) is 9.90 Å². The summed E-state index contributed by atoms with van der Waals surface area (Å²) in [6, 6.07) is 9.25. The minimum absolute atomic E-state index is 0.0397. The second-order valence-electron chi connectivity index (χ2n) is 6.94. The van der Waals surface area contributed by atoms with Gasteiger partial charge >= 0.3 is 0 Å². The maximum absolute atomic E-state index is 12.4. The van der Waals surface area contributed by atoms with Crippen LogP contribution in [0.2, 0.25) is 18.1 Å². The summed E-state index contributed by atoms with van der Waals surface area (Å²) in [6.45, 7) is 12.6. The van der Waals surface area contributed by atoms with Crippen molar-refractivity contribution < 1.29 is 9.90 Å². The van der Waals surface area contributed by atoms with Crippen molar-refractivity contribution in [2.45, 2.75) is 51.6 Å². The summed E-state index contributed by atoms with van der Waals surface area (Å²) in [7, 11) is -1.93. The molecule has 0 amide bonds. The van der Waals surface area contributed by atoms with Gasteiger partial charge in [0.2, 0.25) is 0 Å². The number of carbonyl (C=O) groups excluding carboxylic acids is 1. The molecule has 0 aliphatic heterocycles. The number of carbonyl (C=O) groups is 1. The number of rotatable bonds is 4. The second-order valence-corrected chi connectivity index (χ2v) is 12.5. The molecule has 0 aliphatic rings. The Balaban J connectivity index is 2.95. The Morgan fingerprint density at radius 1 is 1.16 bits per heavy atom. The van der Waals surface area contributed by atoms with E-state index in [2.05, 4.69) is 33.9 Å². The number of aliphatic hydroxyl groups is 1. The summed E-state index contributed by atoms with van der Waals surface area (Å²) in [5, 5.41) is 10.7. The molecule has 0 aromatic heterocycles. The molecule has 0 spiro atoms. The molecule has 0 aliphatic carbocycles. The van der Waals surface area contributed by atoms with Crippen LogP contribution in [0.5, 0.6) is 0 Å². The molecule has 0 fully saturated rings. The van der Waals surface area contributed by atoms with E-state index in [1.807, 2.05) is 37.3 Å². The van der Waals surface area contributed by atoms with Gasteiger partial charge in [-0.05, 0) is 5.04 Å². The van der Waals surface area contributed by atoms with Gasteiger partial charge in [0.05, 0.1) is 13.8 Å². The highest BCUT2D eigenvalue weighted by Gasteiger charge is 2.45. The van der Waals surface area contributed by atoms with Gasteiger partial charge in [-0.15, -0.1) is 0 Å². The van der Waals surface area contributed by atoms with Gasteiger partial charge < -0.3 is 5.11 Å². The highest BCUT2D eigenvalue weighted by molar-refractivity contribution is 6.81. The molecule has 1 aromatic carbocycles. The van der Waals surface area contributed by atoms with Gasteiger partial charge in [0.15, 0.2) is 5.78 Å². The second kappa shape index (κ2) is 5.59. The van der Waals surface area contributed by atoms with Crippen LogP contribution in [0.15, 0.2) is 30.3 Å². The molecule has 1 N–H and O–H groups in total. The Kier molecular flexibility index (Phi) is 4.75. The number of benzene rings is 1. The van der Waals surface area contributed by atoms with Gasteiger partial charge in [-0.3, -0.25) is 4.79 Å². The van der Waals surface area contributed by atoms with Crippen LogP contribution in [-0.2, 0) is 0 Å². The third-order valence-corrected chi connectivity index (χ3v) is 10.5. The highest BCUT2D eigenvalue weighted by atomic mass is 28.3. The van der Waals surface area contributed by atoms with Crippen LogP contribution < -0.4 is 0 Å². The summed E-state index contributed by atoms with van der Waals surface area (Å²) in [5.74, 6) is -0.304. The number of aliphatic hydroxyl groups excluding tert-OH is 1. The molecular formula is C16H26O2Si. The van der Waals surface area contributed by atoms with Crippen molar-refractivity contribution in [2.24, 2.45) is 5.92 Å². The van der Waals surface area contributed by atoms with Crippen molar-refractivity contribution in [3.8, 4) is 0 Å². The normalized spacial score (nSPS) is 15.9. The van der Waals surface area contributed by atoms with Crippen molar-refractivity contribution >= 4 is 13.9 Å². The van der Waals surface area contributed by atoms with E-state index < -0.39 is 13.8 Å². The summed E-state index contributed by atoms with van der Waals surface area (Å²) >= 11 is 0. The van der Waals surface area contributed by atoms with Crippen LogP contribution >= 0.6 is 0 Å².